The van der Waals surface area contributed by atoms with Crippen molar-refractivity contribution in [3.05, 3.63) is 0 Å². The first-order valence-corrected chi connectivity index (χ1v) is 7.47. The van der Waals surface area contributed by atoms with E-state index in [1.54, 1.807) is 0 Å². The number of ether oxygens (including phenoxy) is 1. The Morgan fingerprint density at radius 1 is 1.26 bits per heavy atom. The number of carbonyl (C=O) groups excluding carboxylic acids is 1. The molecule has 2 unspecified atom stereocenters. The summed E-state index contributed by atoms with van der Waals surface area (Å²) in [5, 5.41) is 8.74. The molecule has 0 aromatic heterocycles. The van der Waals surface area contributed by atoms with Gasteiger partial charge in [-0.1, -0.05) is 6.42 Å². The maximum absolute atomic E-state index is 12.5. The number of carbonyl (C=O) groups is 1. The minimum absolute atomic E-state index is 0.0688. The Hall–Kier alpha value is -0.650. The van der Waals surface area contributed by atoms with Crippen molar-refractivity contribution >= 4 is 5.91 Å². The Morgan fingerprint density at radius 3 is 2.63 bits per heavy atom. The second kappa shape index (κ2) is 7.22. The molecule has 1 amide bonds. The minimum atomic E-state index is 0.0688. The highest BCUT2D eigenvalue weighted by molar-refractivity contribution is 5.79. The van der Waals surface area contributed by atoms with Crippen molar-refractivity contribution in [2.45, 2.75) is 38.2 Å². The van der Waals surface area contributed by atoms with Crippen molar-refractivity contribution in [1.29, 1.82) is 0 Å². The predicted molar refractivity (Wildman–Crippen MR) is 72.5 cm³/mol. The SMILES string of the molecule is NCC1CCCC1C(=O)N1CCC(OCCO)CC1. The van der Waals surface area contributed by atoms with Gasteiger partial charge in [-0.05, 0) is 38.1 Å². The molecule has 2 aliphatic rings. The van der Waals surface area contributed by atoms with E-state index in [9.17, 15) is 4.79 Å². The Morgan fingerprint density at radius 2 is 2.00 bits per heavy atom. The van der Waals surface area contributed by atoms with E-state index in [0.717, 1.165) is 45.2 Å². The summed E-state index contributed by atoms with van der Waals surface area (Å²) in [5.74, 6) is 0.837. The summed E-state index contributed by atoms with van der Waals surface area (Å²) < 4.78 is 5.52. The number of aliphatic hydroxyl groups is 1. The normalized spacial score (nSPS) is 28.8. The second-order valence-electron chi connectivity index (χ2n) is 5.65. The Balaban J connectivity index is 1.79. The van der Waals surface area contributed by atoms with Gasteiger partial charge < -0.3 is 20.5 Å². The summed E-state index contributed by atoms with van der Waals surface area (Å²) in [6.07, 6.45) is 5.20. The van der Waals surface area contributed by atoms with E-state index in [1.165, 1.54) is 0 Å². The van der Waals surface area contributed by atoms with Gasteiger partial charge in [0.1, 0.15) is 0 Å². The molecule has 5 nitrogen and oxygen atoms in total. The molecule has 0 radical (unpaired) electrons. The van der Waals surface area contributed by atoms with Crippen LogP contribution in [0, 0.1) is 11.8 Å². The highest BCUT2D eigenvalue weighted by Gasteiger charge is 2.35. The van der Waals surface area contributed by atoms with Crippen LogP contribution in [0.15, 0.2) is 0 Å². The van der Waals surface area contributed by atoms with Gasteiger partial charge in [-0.25, -0.2) is 0 Å². The highest BCUT2D eigenvalue weighted by Crippen LogP contribution is 2.33. The summed E-state index contributed by atoms with van der Waals surface area (Å²) in [5.41, 5.74) is 5.75. The molecule has 3 N–H and O–H groups in total. The molecule has 0 bridgehead atoms. The van der Waals surface area contributed by atoms with E-state index in [0.29, 0.717) is 25.0 Å². The van der Waals surface area contributed by atoms with Gasteiger partial charge >= 0.3 is 0 Å². The van der Waals surface area contributed by atoms with Crippen LogP contribution in [-0.4, -0.2) is 54.9 Å². The fourth-order valence-electron chi connectivity index (χ4n) is 3.34. The van der Waals surface area contributed by atoms with Gasteiger partial charge in [0.2, 0.25) is 5.91 Å². The molecule has 2 rings (SSSR count). The zero-order valence-corrected chi connectivity index (χ0v) is 11.6. The third-order valence-electron chi connectivity index (χ3n) is 4.48. The van der Waals surface area contributed by atoms with Gasteiger partial charge in [0.25, 0.3) is 0 Å². The van der Waals surface area contributed by atoms with Crippen molar-refractivity contribution in [3.8, 4) is 0 Å². The number of hydrogen-bond donors (Lipinski definition) is 2. The lowest BCUT2D eigenvalue weighted by atomic mass is 9.93. The molecule has 19 heavy (non-hydrogen) atoms. The molecule has 0 aromatic rings. The van der Waals surface area contributed by atoms with Crippen LogP contribution in [0.4, 0.5) is 0 Å². The van der Waals surface area contributed by atoms with Crippen molar-refractivity contribution in [2.75, 3.05) is 32.8 Å². The van der Waals surface area contributed by atoms with Gasteiger partial charge in [-0.2, -0.15) is 0 Å². The first kappa shape index (κ1) is 14.8. The molecule has 2 atom stereocenters. The quantitative estimate of drug-likeness (QED) is 0.756. The van der Waals surface area contributed by atoms with Crippen LogP contribution in [0.3, 0.4) is 0 Å². The van der Waals surface area contributed by atoms with Gasteiger partial charge in [0.15, 0.2) is 0 Å². The third-order valence-corrected chi connectivity index (χ3v) is 4.48. The zero-order chi connectivity index (χ0) is 13.7. The molecular formula is C14H26N2O3. The van der Waals surface area contributed by atoms with E-state index in [1.807, 2.05) is 4.90 Å². The van der Waals surface area contributed by atoms with Crippen molar-refractivity contribution < 1.29 is 14.6 Å². The van der Waals surface area contributed by atoms with Gasteiger partial charge in [-0.3, -0.25) is 4.79 Å². The Labute approximate surface area is 115 Å². The lowest BCUT2D eigenvalue weighted by Crippen LogP contribution is -2.45. The molecule has 1 aliphatic heterocycles. The molecule has 1 heterocycles. The number of aliphatic hydroxyl groups excluding tert-OH is 1. The van der Waals surface area contributed by atoms with Crippen molar-refractivity contribution in [3.63, 3.8) is 0 Å². The Bertz CT molecular complexity index is 290. The number of nitrogens with zero attached hydrogens (tertiary/aromatic N) is 1. The summed E-state index contributed by atoms with van der Waals surface area (Å²) in [6.45, 7) is 2.66. The molecular weight excluding hydrogens is 244 g/mol. The fourth-order valence-corrected chi connectivity index (χ4v) is 3.34. The van der Waals surface area contributed by atoms with E-state index in [4.69, 9.17) is 15.6 Å². The van der Waals surface area contributed by atoms with Crippen molar-refractivity contribution in [1.82, 2.24) is 4.90 Å². The summed E-state index contributed by atoms with van der Waals surface area (Å²) >= 11 is 0. The third kappa shape index (κ3) is 3.68. The number of hydrogen-bond acceptors (Lipinski definition) is 4. The van der Waals surface area contributed by atoms with E-state index < -0.39 is 0 Å². The average molecular weight is 270 g/mol. The lowest BCUT2D eigenvalue weighted by molar-refractivity contribution is -0.139. The summed E-state index contributed by atoms with van der Waals surface area (Å²) in [7, 11) is 0. The summed E-state index contributed by atoms with van der Waals surface area (Å²) in [6, 6.07) is 0. The van der Waals surface area contributed by atoms with Gasteiger partial charge in [0, 0.05) is 19.0 Å². The van der Waals surface area contributed by atoms with Crippen LogP contribution in [0.5, 0.6) is 0 Å². The molecule has 0 aromatic carbocycles. The van der Waals surface area contributed by atoms with Crippen LogP contribution in [0.1, 0.15) is 32.1 Å². The van der Waals surface area contributed by atoms with Crippen LogP contribution >= 0.6 is 0 Å². The maximum Gasteiger partial charge on any atom is 0.226 e. The largest absolute Gasteiger partial charge is 0.394 e. The topological polar surface area (TPSA) is 75.8 Å². The Kier molecular flexibility index (Phi) is 5.60. The number of rotatable bonds is 5. The molecule has 1 saturated heterocycles. The van der Waals surface area contributed by atoms with Crippen LogP contribution in [-0.2, 0) is 9.53 Å². The van der Waals surface area contributed by atoms with Gasteiger partial charge in [-0.15, -0.1) is 0 Å². The monoisotopic (exact) mass is 270 g/mol. The molecule has 2 fully saturated rings. The molecule has 5 heteroatoms. The van der Waals surface area contributed by atoms with E-state index in [2.05, 4.69) is 0 Å². The summed E-state index contributed by atoms with van der Waals surface area (Å²) in [4.78, 5) is 14.5. The number of nitrogens with two attached hydrogens (primary N) is 1. The number of piperidine rings is 1. The van der Waals surface area contributed by atoms with Crippen molar-refractivity contribution in [2.24, 2.45) is 17.6 Å². The number of amides is 1. The fraction of sp³-hybridized carbons (Fsp3) is 0.929. The molecule has 1 aliphatic carbocycles. The van der Waals surface area contributed by atoms with E-state index >= 15 is 0 Å². The molecule has 110 valence electrons. The first-order chi connectivity index (χ1) is 9.26. The molecule has 1 saturated carbocycles. The number of likely N-dealkylation sites (tertiary alicyclic amines) is 1. The minimum Gasteiger partial charge on any atom is -0.394 e. The predicted octanol–water partition coefficient (Wildman–Crippen LogP) is 0.361. The second-order valence-corrected chi connectivity index (χ2v) is 5.65. The zero-order valence-electron chi connectivity index (χ0n) is 11.6. The van der Waals surface area contributed by atoms with Crippen LogP contribution in [0.25, 0.3) is 0 Å². The average Bonchev–Trinajstić information content (AvgIpc) is 2.93. The van der Waals surface area contributed by atoms with Crippen LogP contribution in [0.2, 0.25) is 0 Å². The van der Waals surface area contributed by atoms with E-state index in [-0.39, 0.29) is 18.6 Å². The highest BCUT2D eigenvalue weighted by atomic mass is 16.5. The lowest BCUT2D eigenvalue weighted by Gasteiger charge is -2.34. The van der Waals surface area contributed by atoms with Crippen LogP contribution < -0.4 is 5.73 Å². The molecule has 0 spiro atoms. The van der Waals surface area contributed by atoms with Gasteiger partial charge in [0.05, 0.1) is 19.3 Å². The standard InChI is InChI=1S/C14H26N2O3/c15-10-11-2-1-3-13(11)14(18)16-6-4-12(5-7-16)19-9-8-17/h11-13,17H,1-10,15H2. The maximum atomic E-state index is 12.5. The first-order valence-electron chi connectivity index (χ1n) is 7.47. The smallest absolute Gasteiger partial charge is 0.226 e.